The molecular weight excluding hydrogens is 514 g/mol. The highest BCUT2D eigenvalue weighted by atomic mass is 32.2. The molecule has 210 valence electrons. The van der Waals surface area contributed by atoms with Crippen molar-refractivity contribution in [2.45, 2.75) is 71.0 Å². The zero-order valence-electron chi connectivity index (χ0n) is 24.2. The number of nitrogens with one attached hydrogen (secondary N) is 1. The predicted molar refractivity (Wildman–Crippen MR) is 156 cm³/mol. The van der Waals surface area contributed by atoms with Crippen LogP contribution in [-0.2, 0) is 22.2 Å². The quantitative estimate of drug-likeness (QED) is 0.204. The molecule has 0 saturated carbocycles. The summed E-state index contributed by atoms with van der Waals surface area (Å²) < 4.78 is 12.7. The Kier molecular flexibility index (Phi) is 9.32. The number of phenols is 1. The van der Waals surface area contributed by atoms with Crippen LogP contribution in [0.2, 0.25) is 0 Å². The molecule has 3 aromatic rings. The Hall–Kier alpha value is -3.53. The average Bonchev–Trinajstić information content (AvgIpc) is 3.29. The highest BCUT2D eigenvalue weighted by Gasteiger charge is 2.26. The van der Waals surface area contributed by atoms with Crippen LogP contribution in [-0.4, -0.2) is 52.0 Å². The van der Waals surface area contributed by atoms with Crippen molar-refractivity contribution in [1.29, 1.82) is 0 Å². The van der Waals surface area contributed by atoms with Crippen molar-refractivity contribution in [3.63, 3.8) is 0 Å². The van der Waals surface area contributed by atoms with Crippen molar-refractivity contribution in [3.05, 3.63) is 47.0 Å². The maximum atomic E-state index is 12.6. The third-order valence-electron chi connectivity index (χ3n) is 6.16. The molecule has 10 heteroatoms. The predicted octanol–water partition coefficient (Wildman–Crippen LogP) is 5.53. The summed E-state index contributed by atoms with van der Waals surface area (Å²) in [5, 5.41) is 24.3. The number of nitrogens with zero attached hydrogens (tertiary/aromatic N) is 4. The van der Waals surface area contributed by atoms with Crippen molar-refractivity contribution in [2.75, 3.05) is 20.0 Å². The van der Waals surface area contributed by atoms with Gasteiger partial charge in [-0.15, -0.1) is 10.2 Å². The summed E-state index contributed by atoms with van der Waals surface area (Å²) in [5.74, 6) is 2.07. The van der Waals surface area contributed by atoms with Crippen LogP contribution >= 0.6 is 11.8 Å². The molecule has 3 rings (SSSR count). The van der Waals surface area contributed by atoms with Crippen LogP contribution in [0.25, 0.3) is 11.4 Å². The van der Waals surface area contributed by atoms with Crippen LogP contribution in [0.3, 0.4) is 0 Å². The summed E-state index contributed by atoms with van der Waals surface area (Å²) in [6.45, 7) is 15.0. The lowest BCUT2D eigenvalue weighted by Gasteiger charge is -2.27. The lowest BCUT2D eigenvalue weighted by Crippen LogP contribution is -2.20. The van der Waals surface area contributed by atoms with Gasteiger partial charge < -0.3 is 19.1 Å². The van der Waals surface area contributed by atoms with E-state index in [9.17, 15) is 9.90 Å². The number of hydrogen-bond donors (Lipinski definition) is 2. The van der Waals surface area contributed by atoms with Gasteiger partial charge in [0.05, 0.1) is 26.2 Å². The summed E-state index contributed by atoms with van der Waals surface area (Å²) >= 11 is 1.29. The molecule has 0 saturated heterocycles. The summed E-state index contributed by atoms with van der Waals surface area (Å²) in [6.07, 6.45) is 1.61. The molecule has 2 N–H and O–H groups in total. The fourth-order valence-electron chi connectivity index (χ4n) is 4.09. The zero-order valence-corrected chi connectivity index (χ0v) is 25.1. The summed E-state index contributed by atoms with van der Waals surface area (Å²) in [6, 6.07) is 9.39. The van der Waals surface area contributed by atoms with Gasteiger partial charge in [-0.25, -0.2) is 5.43 Å². The van der Waals surface area contributed by atoms with Gasteiger partial charge in [-0.3, -0.25) is 4.79 Å². The van der Waals surface area contributed by atoms with Gasteiger partial charge in [0, 0.05) is 23.2 Å². The van der Waals surface area contributed by atoms with E-state index in [1.807, 2.05) is 41.8 Å². The maximum Gasteiger partial charge on any atom is 0.250 e. The molecule has 0 spiro atoms. The number of aromatic hydroxyl groups is 1. The minimum Gasteiger partial charge on any atom is -0.507 e. The van der Waals surface area contributed by atoms with Gasteiger partial charge in [-0.2, -0.15) is 5.10 Å². The van der Waals surface area contributed by atoms with Crippen LogP contribution in [0, 0.1) is 0 Å². The maximum absolute atomic E-state index is 12.6. The van der Waals surface area contributed by atoms with Gasteiger partial charge in [-0.1, -0.05) is 53.3 Å². The fourth-order valence-corrected chi connectivity index (χ4v) is 4.88. The van der Waals surface area contributed by atoms with Gasteiger partial charge >= 0.3 is 0 Å². The van der Waals surface area contributed by atoms with E-state index in [0.29, 0.717) is 34.8 Å². The Morgan fingerprint density at radius 3 is 2.18 bits per heavy atom. The second-order valence-corrected chi connectivity index (χ2v) is 12.1. The highest BCUT2D eigenvalue weighted by molar-refractivity contribution is 7.99. The first kappa shape index (κ1) is 30.0. The molecule has 1 aromatic heterocycles. The number of phenolic OH excluding ortho intramolecular Hbond substituents is 1. The minimum atomic E-state index is -0.263. The lowest BCUT2D eigenvalue weighted by molar-refractivity contribution is -0.118. The first-order valence-corrected chi connectivity index (χ1v) is 13.8. The molecule has 39 heavy (non-hydrogen) atoms. The largest absolute Gasteiger partial charge is 0.507 e. The monoisotopic (exact) mass is 553 g/mol. The van der Waals surface area contributed by atoms with E-state index in [0.717, 1.165) is 22.3 Å². The van der Waals surface area contributed by atoms with Crippen molar-refractivity contribution < 1.29 is 19.4 Å². The Bertz CT molecular complexity index is 1320. The molecule has 0 fully saturated rings. The molecule has 0 atom stereocenters. The van der Waals surface area contributed by atoms with Gasteiger partial charge in [0.1, 0.15) is 5.75 Å². The average molecular weight is 554 g/mol. The molecule has 0 unspecified atom stereocenters. The van der Waals surface area contributed by atoms with Gasteiger partial charge in [0.15, 0.2) is 22.5 Å². The Morgan fingerprint density at radius 2 is 1.64 bits per heavy atom. The topological polar surface area (TPSA) is 111 Å². The standard InChI is InChI=1S/C29H39N5O4S/c1-10-34-26(19-11-12-22(37-8)23(15-19)38-9)32-33-27(34)39-17-24(35)31-30-16-18-13-20(28(2,3)4)25(36)21(14-18)29(5,6)7/h11-16,36H,10,17H2,1-9H3,(H,31,35). The molecule has 0 bridgehead atoms. The molecular formula is C29H39N5O4S. The molecule has 0 aliphatic rings. The first-order chi connectivity index (χ1) is 18.3. The summed E-state index contributed by atoms with van der Waals surface area (Å²) in [7, 11) is 3.18. The Morgan fingerprint density at radius 1 is 1.03 bits per heavy atom. The summed E-state index contributed by atoms with van der Waals surface area (Å²) in [4.78, 5) is 12.6. The molecule has 2 aromatic carbocycles. The third-order valence-corrected chi connectivity index (χ3v) is 7.13. The fraction of sp³-hybridized carbons (Fsp3) is 0.448. The lowest BCUT2D eigenvalue weighted by atomic mass is 9.78. The number of thioether (sulfide) groups is 1. The number of rotatable bonds is 9. The second kappa shape index (κ2) is 12.1. The minimum absolute atomic E-state index is 0.122. The van der Waals surface area contributed by atoms with E-state index in [1.165, 1.54) is 11.8 Å². The van der Waals surface area contributed by atoms with E-state index in [2.05, 4.69) is 62.3 Å². The van der Waals surface area contributed by atoms with E-state index in [-0.39, 0.29) is 22.5 Å². The second-order valence-electron chi connectivity index (χ2n) is 11.2. The molecule has 0 radical (unpaired) electrons. The van der Waals surface area contributed by atoms with Crippen LogP contribution < -0.4 is 14.9 Å². The molecule has 0 aliphatic carbocycles. The van der Waals surface area contributed by atoms with Crippen molar-refractivity contribution in [1.82, 2.24) is 20.2 Å². The van der Waals surface area contributed by atoms with E-state index in [4.69, 9.17) is 9.47 Å². The number of amides is 1. The number of hydrazone groups is 1. The van der Waals surface area contributed by atoms with Crippen LogP contribution in [0.4, 0.5) is 0 Å². The molecule has 0 aliphatic heterocycles. The van der Waals surface area contributed by atoms with E-state index < -0.39 is 0 Å². The summed E-state index contributed by atoms with van der Waals surface area (Å²) in [5.41, 5.74) is 5.41. The number of hydrogen-bond acceptors (Lipinski definition) is 8. The van der Waals surface area contributed by atoms with E-state index in [1.54, 1.807) is 20.4 Å². The van der Waals surface area contributed by atoms with Crippen LogP contribution in [0.15, 0.2) is 40.6 Å². The number of ether oxygens (including phenoxy) is 2. The van der Waals surface area contributed by atoms with Gasteiger partial charge in [0.2, 0.25) is 0 Å². The van der Waals surface area contributed by atoms with Crippen molar-refractivity contribution in [2.24, 2.45) is 5.10 Å². The number of benzene rings is 2. The van der Waals surface area contributed by atoms with Crippen molar-refractivity contribution >= 4 is 23.9 Å². The number of methoxy groups -OCH3 is 2. The molecule has 1 heterocycles. The SMILES string of the molecule is CCn1c(SCC(=O)NN=Cc2cc(C(C)(C)C)c(O)c(C(C)(C)C)c2)nnc1-c1ccc(OC)c(OC)c1. The Balaban J connectivity index is 1.72. The highest BCUT2D eigenvalue weighted by Crippen LogP contribution is 2.39. The van der Waals surface area contributed by atoms with Crippen LogP contribution in [0.5, 0.6) is 17.2 Å². The first-order valence-electron chi connectivity index (χ1n) is 12.8. The number of carbonyl (C=O) groups excluding carboxylic acids is 1. The molecule has 1 amide bonds. The van der Waals surface area contributed by atoms with Gasteiger partial charge in [-0.05, 0) is 53.6 Å². The van der Waals surface area contributed by atoms with Crippen molar-refractivity contribution in [3.8, 4) is 28.6 Å². The van der Waals surface area contributed by atoms with Crippen LogP contribution in [0.1, 0.15) is 65.2 Å². The smallest absolute Gasteiger partial charge is 0.250 e. The van der Waals surface area contributed by atoms with E-state index >= 15 is 0 Å². The number of carbonyl (C=O) groups is 1. The zero-order chi connectivity index (χ0) is 29.0. The number of aromatic nitrogens is 3. The normalized spacial score (nSPS) is 12.1. The third kappa shape index (κ3) is 7.11. The van der Waals surface area contributed by atoms with Gasteiger partial charge in [0.25, 0.3) is 5.91 Å². The molecule has 9 nitrogen and oxygen atoms in total. The Labute approximate surface area is 235 Å².